The van der Waals surface area contributed by atoms with E-state index in [0.717, 1.165) is 19.1 Å². The normalized spacial score (nSPS) is 27.9. The molecule has 2 aliphatic rings. The Morgan fingerprint density at radius 2 is 2.13 bits per heavy atom. The van der Waals surface area contributed by atoms with Crippen molar-refractivity contribution in [2.24, 2.45) is 5.73 Å². The van der Waals surface area contributed by atoms with Gasteiger partial charge in [-0.3, -0.25) is 9.69 Å². The van der Waals surface area contributed by atoms with Gasteiger partial charge in [-0.25, -0.2) is 0 Å². The smallest absolute Gasteiger partial charge is 0.231 e. The zero-order chi connectivity index (χ0) is 10.7. The summed E-state index contributed by atoms with van der Waals surface area (Å²) in [5.74, 6) is -0.201. The Hall–Kier alpha value is -0.610. The van der Waals surface area contributed by atoms with Gasteiger partial charge in [-0.2, -0.15) is 0 Å². The Balaban J connectivity index is 1.78. The average molecular weight is 211 g/mol. The number of nitrogens with one attached hydrogen (secondary N) is 1. The maximum absolute atomic E-state index is 10.9. The molecule has 15 heavy (non-hydrogen) atoms. The van der Waals surface area contributed by atoms with Gasteiger partial charge in [0, 0.05) is 18.6 Å². The predicted molar refractivity (Wildman–Crippen MR) is 59.4 cm³/mol. The molecule has 1 aliphatic heterocycles. The first kappa shape index (κ1) is 10.9. The molecule has 86 valence electrons. The van der Waals surface area contributed by atoms with E-state index in [4.69, 9.17) is 5.73 Å². The van der Waals surface area contributed by atoms with Crippen molar-refractivity contribution < 1.29 is 4.79 Å². The Labute approximate surface area is 91.2 Å². The van der Waals surface area contributed by atoms with E-state index in [1.165, 1.54) is 32.1 Å². The van der Waals surface area contributed by atoms with Crippen molar-refractivity contribution in [3.63, 3.8) is 0 Å². The van der Waals surface area contributed by atoms with Crippen molar-refractivity contribution in [1.82, 2.24) is 10.2 Å². The molecule has 1 atom stereocenters. The van der Waals surface area contributed by atoms with Crippen LogP contribution in [0.15, 0.2) is 0 Å². The van der Waals surface area contributed by atoms with Gasteiger partial charge in [0.2, 0.25) is 5.91 Å². The lowest BCUT2D eigenvalue weighted by Gasteiger charge is -2.35. The first-order valence-corrected chi connectivity index (χ1v) is 6.01. The minimum atomic E-state index is -0.201. The molecule has 0 spiro atoms. The predicted octanol–water partition coefficient (Wildman–Crippen LogP) is 0.0782. The molecule has 2 fully saturated rings. The number of primary amides is 1. The minimum Gasteiger partial charge on any atom is -0.369 e. The van der Waals surface area contributed by atoms with Gasteiger partial charge in [0.15, 0.2) is 0 Å². The summed E-state index contributed by atoms with van der Waals surface area (Å²) < 4.78 is 0. The van der Waals surface area contributed by atoms with E-state index in [2.05, 4.69) is 10.2 Å². The Morgan fingerprint density at radius 1 is 1.33 bits per heavy atom. The number of nitrogens with two attached hydrogens (primary N) is 1. The van der Waals surface area contributed by atoms with E-state index < -0.39 is 0 Å². The van der Waals surface area contributed by atoms with E-state index in [1.54, 1.807) is 0 Å². The molecule has 3 N–H and O–H groups in total. The van der Waals surface area contributed by atoms with Crippen LogP contribution in [0.25, 0.3) is 0 Å². The Morgan fingerprint density at radius 3 is 2.80 bits per heavy atom. The molecule has 1 unspecified atom stereocenters. The second-order valence-corrected chi connectivity index (χ2v) is 4.77. The van der Waals surface area contributed by atoms with Gasteiger partial charge in [0.25, 0.3) is 0 Å². The van der Waals surface area contributed by atoms with Crippen LogP contribution in [-0.4, -0.2) is 42.5 Å². The van der Waals surface area contributed by atoms with Gasteiger partial charge in [0.05, 0.1) is 6.54 Å². The van der Waals surface area contributed by atoms with Gasteiger partial charge in [-0.15, -0.1) is 0 Å². The van der Waals surface area contributed by atoms with Gasteiger partial charge in [-0.05, 0) is 32.2 Å². The zero-order valence-corrected chi connectivity index (χ0v) is 9.24. The topological polar surface area (TPSA) is 58.4 Å². The Bertz CT molecular complexity index is 228. The third kappa shape index (κ3) is 3.47. The molecule has 1 saturated carbocycles. The molecule has 4 heteroatoms. The number of hydrogen-bond donors (Lipinski definition) is 2. The quantitative estimate of drug-likeness (QED) is 0.677. The first-order valence-electron chi connectivity index (χ1n) is 6.01. The average Bonchev–Trinajstić information content (AvgIpc) is 2.99. The van der Waals surface area contributed by atoms with E-state index in [9.17, 15) is 4.79 Å². The van der Waals surface area contributed by atoms with Crippen LogP contribution in [0.3, 0.4) is 0 Å². The second-order valence-electron chi connectivity index (χ2n) is 4.77. The Kier molecular flexibility index (Phi) is 3.59. The molecule has 1 aliphatic carbocycles. The third-order valence-electron chi connectivity index (χ3n) is 3.33. The van der Waals surface area contributed by atoms with Crippen molar-refractivity contribution >= 4 is 5.91 Å². The fraction of sp³-hybridized carbons (Fsp3) is 0.909. The van der Waals surface area contributed by atoms with Gasteiger partial charge >= 0.3 is 0 Å². The number of likely N-dealkylation sites (tertiary alicyclic amines) is 1. The van der Waals surface area contributed by atoms with E-state index in [-0.39, 0.29) is 5.91 Å². The van der Waals surface area contributed by atoms with Crippen LogP contribution in [0.4, 0.5) is 0 Å². The summed E-state index contributed by atoms with van der Waals surface area (Å²) in [7, 11) is 0. The van der Waals surface area contributed by atoms with Crippen molar-refractivity contribution in [3.05, 3.63) is 0 Å². The van der Waals surface area contributed by atoms with Crippen LogP contribution < -0.4 is 11.1 Å². The van der Waals surface area contributed by atoms with Crippen molar-refractivity contribution in [3.8, 4) is 0 Å². The number of carbonyl (C=O) groups excluding carboxylic acids is 1. The van der Waals surface area contributed by atoms with Crippen LogP contribution >= 0.6 is 0 Å². The van der Waals surface area contributed by atoms with E-state index in [0.29, 0.717) is 12.6 Å². The molecule has 0 bridgehead atoms. The highest BCUT2D eigenvalue weighted by atomic mass is 16.1. The lowest BCUT2D eigenvalue weighted by molar-refractivity contribution is -0.120. The highest BCUT2D eigenvalue weighted by molar-refractivity contribution is 5.75. The number of piperidine rings is 1. The number of carbonyl (C=O) groups is 1. The number of nitrogens with zero attached hydrogens (tertiary/aromatic N) is 1. The monoisotopic (exact) mass is 211 g/mol. The number of amides is 1. The molecule has 1 heterocycles. The standard InChI is InChI=1S/C11H21N3O/c12-11(15)8-14-6-2-1-3-10(14)7-13-9-4-5-9/h9-10,13H,1-8H2,(H2,12,15). The van der Waals surface area contributed by atoms with Gasteiger partial charge in [-0.1, -0.05) is 6.42 Å². The molecule has 0 aromatic heterocycles. The van der Waals surface area contributed by atoms with Crippen LogP contribution in [-0.2, 0) is 4.79 Å². The maximum Gasteiger partial charge on any atom is 0.231 e. The van der Waals surface area contributed by atoms with Crippen LogP contribution in [0.1, 0.15) is 32.1 Å². The van der Waals surface area contributed by atoms with Crippen LogP contribution in [0.2, 0.25) is 0 Å². The summed E-state index contributed by atoms with van der Waals surface area (Å²) >= 11 is 0. The summed E-state index contributed by atoms with van der Waals surface area (Å²) in [5, 5.41) is 3.54. The summed E-state index contributed by atoms with van der Waals surface area (Å²) in [6.07, 6.45) is 6.33. The van der Waals surface area contributed by atoms with Gasteiger partial charge < -0.3 is 11.1 Å². The largest absolute Gasteiger partial charge is 0.369 e. The lowest BCUT2D eigenvalue weighted by atomic mass is 10.0. The number of rotatable bonds is 5. The van der Waals surface area contributed by atoms with Crippen LogP contribution in [0, 0.1) is 0 Å². The number of hydrogen-bond acceptors (Lipinski definition) is 3. The van der Waals surface area contributed by atoms with Crippen molar-refractivity contribution in [1.29, 1.82) is 0 Å². The summed E-state index contributed by atoms with van der Waals surface area (Å²) in [6.45, 7) is 2.48. The molecular weight excluding hydrogens is 190 g/mol. The third-order valence-corrected chi connectivity index (χ3v) is 3.33. The SMILES string of the molecule is NC(=O)CN1CCCCC1CNC1CC1. The minimum absolute atomic E-state index is 0.201. The van der Waals surface area contributed by atoms with Crippen molar-refractivity contribution in [2.75, 3.05) is 19.6 Å². The maximum atomic E-state index is 10.9. The highest BCUT2D eigenvalue weighted by Gasteiger charge is 2.26. The molecule has 4 nitrogen and oxygen atoms in total. The molecular formula is C11H21N3O. The lowest BCUT2D eigenvalue weighted by Crippen LogP contribution is -2.48. The second kappa shape index (κ2) is 4.94. The van der Waals surface area contributed by atoms with E-state index in [1.807, 2.05) is 0 Å². The molecule has 1 amide bonds. The van der Waals surface area contributed by atoms with Crippen LogP contribution in [0.5, 0.6) is 0 Å². The van der Waals surface area contributed by atoms with Gasteiger partial charge in [0.1, 0.15) is 0 Å². The zero-order valence-electron chi connectivity index (χ0n) is 9.24. The molecule has 1 saturated heterocycles. The molecule has 0 aromatic rings. The van der Waals surface area contributed by atoms with Crippen molar-refractivity contribution in [2.45, 2.75) is 44.2 Å². The molecule has 0 radical (unpaired) electrons. The fourth-order valence-corrected chi connectivity index (χ4v) is 2.29. The molecule has 0 aromatic carbocycles. The van der Waals surface area contributed by atoms with E-state index >= 15 is 0 Å². The summed E-state index contributed by atoms with van der Waals surface area (Å²) in [4.78, 5) is 13.2. The summed E-state index contributed by atoms with van der Waals surface area (Å²) in [6, 6.07) is 1.27. The molecule has 2 rings (SSSR count). The highest BCUT2D eigenvalue weighted by Crippen LogP contribution is 2.21. The fourth-order valence-electron chi connectivity index (χ4n) is 2.29. The summed E-state index contributed by atoms with van der Waals surface area (Å²) in [5.41, 5.74) is 5.25. The first-order chi connectivity index (χ1) is 7.25.